The third kappa shape index (κ3) is 4.60. The molecule has 2 aromatic rings. The highest BCUT2D eigenvalue weighted by molar-refractivity contribution is 5.90. The quantitative estimate of drug-likeness (QED) is 0.694. The highest BCUT2D eigenvalue weighted by atomic mass is 16.5. The molecule has 0 radical (unpaired) electrons. The van der Waals surface area contributed by atoms with E-state index in [1.165, 1.54) is 26.2 Å². The number of anilines is 1. The molecule has 3 rings (SSSR count). The Labute approximate surface area is 180 Å². The van der Waals surface area contributed by atoms with Crippen LogP contribution in [0.25, 0.3) is 0 Å². The largest absolute Gasteiger partial charge is 0.493 e. The molecule has 0 saturated heterocycles. The number of carbonyl (C=O) groups excluding carboxylic acids is 1. The Balaban J connectivity index is 1.91. The van der Waals surface area contributed by atoms with Crippen molar-refractivity contribution in [3.05, 3.63) is 41.5 Å². The van der Waals surface area contributed by atoms with Crippen LogP contribution in [0.1, 0.15) is 23.6 Å². The van der Waals surface area contributed by atoms with E-state index in [9.17, 15) is 14.7 Å². The van der Waals surface area contributed by atoms with E-state index in [1.54, 1.807) is 31.4 Å². The van der Waals surface area contributed by atoms with Crippen LogP contribution >= 0.6 is 0 Å². The van der Waals surface area contributed by atoms with Gasteiger partial charge < -0.3 is 34.3 Å². The van der Waals surface area contributed by atoms with Crippen molar-refractivity contribution < 1.29 is 33.6 Å². The van der Waals surface area contributed by atoms with Crippen molar-refractivity contribution in [3.8, 4) is 23.0 Å². The summed E-state index contributed by atoms with van der Waals surface area (Å²) in [5, 5.41) is 12.3. The Hall–Kier alpha value is -3.62. The number of nitrogens with one attached hydrogen (secondary N) is 1. The highest BCUT2D eigenvalue weighted by Crippen LogP contribution is 2.40. The number of methoxy groups -OCH3 is 4. The molecule has 0 spiro atoms. The Morgan fingerprint density at radius 2 is 1.58 bits per heavy atom. The van der Waals surface area contributed by atoms with E-state index in [4.69, 9.17) is 18.9 Å². The monoisotopic (exact) mass is 430 g/mol. The summed E-state index contributed by atoms with van der Waals surface area (Å²) in [7, 11) is 6.10. The van der Waals surface area contributed by atoms with Gasteiger partial charge in [-0.2, -0.15) is 0 Å². The molecule has 166 valence electrons. The number of carbonyl (C=O) groups is 2. The number of aliphatic carboxylic acids is 1. The van der Waals surface area contributed by atoms with E-state index in [0.29, 0.717) is 41.7 Å². The van der Waals surface area contributed by atoms with Gasteiger partial charge in [0.05, 0.1) is 40.9 Å². The number of amides is 2. The maximum atomic E-state index is 13.1. The van der Waals surface area contributed by atoms with Crippen molar-refractivity contribution >= 4 is 17.7 Å². The Morgan fingerprint density at radius 1 is 0.968 bits per heavy atom. The normalized spacial score (nSPS) is 15.0. The zero-order valence-electron chi connectivity index (χ0n) is 17.9. The first kappa shape index (κ1) is 22.1. The van der Waals surface area contributed by atoms with E-state index in [2.05, 4.69) is 5.32 Å². The zero-order valence-corrected chi connectivity index (χ0v) is 17.9. The number of hydrogen-bond donors (Lipinski definition) is 2. The van der Waals surface area contributed by atoms with Gasteiger partial charge in [-0.3, -0.25) is 4.79 Å². The number of nitrogens with zero attached hydrogens (tertiary/aromatic N) is 1. The van der Waals surface area contributed by atoms with E-state index in [-0.39, 0.29) is 6.42 Å². The lowest BCUT2D eigenvalue weighted by atomic mass is 9.90. The standard InChI is InChI=1S/C22H26N2O7/c1-28-17-6-5-14(10-19(17)30-3)23-22(27)24-8-7-13-9-18(29-2)20(31-4)11-15(13)16(24)12-21(25)26/h5-6,9-11,16H,7-8,12H2,1-4H3,(H,23,27)(H,25,26). The van der Waals surface area contributed by atoms with Gasteiger partial charge in [-0.15, -0.1) is 0 Å². The smallest absolute Gasteiger partial charge is 0.322 e. The number of hydrogen-bond acceptors (Lipinski definition) is 6. The topological polar surface area (TPSA) is 107 Å². The molecule has 0 aliphatic carbocycles. The number of carboxylic acids is 1. The van der Waals surface area contributed by atoms with Crippen LogP contribution in [0.3, 0.4) is 0 Å². The second-order valence-corrected chi connectivity index (χ2v) is 6.96. The van der Waals surface area contributed by atoms with Crippen LogP contribution in [-0.4, -0.2) is 57.0 Å². The SMILES string of the molecule is COc1ccc(NC(=O)N2CCc3cc(OC)c(OC)cc3C2CC(=O)O)cc1OC. The fourth-order valence-electron chi connectivity index (χ4n) is 3.77. The minimum Gasteiger partial charge on any atom is -0.493 e. The van der Waals surface area contributed by atoms with Gasteiger partial charge in [0.2, 0.25) is 0 Å². The second-order valence-electron chi connectivity index (χ2n) is 6.96. The van der Waals surface area contributed by atoms with Gasteiger partial charge in [-0.25, -0.2) is 4.79 Å². The first-order valence-electron chi connectivity index (χ1n) is 9.68. The number of fused-ring (bicyclic) bond motifs is 1. The summed E-state index contributed by atoms with van der Waals surface area (Å²) in [6, 6.07) is 7.56. The van der Waals surface area contributed by atoms with Gasteiger partial charge in [0, 0.05) is 18.3 Å². The van der Waals surface area contributed by atoms with E-state index in [1.807, 2.05) is 6.07 Å². The summed E-state index contributed by atoms with van der Waals surface area (Å²) < 4.78 is 21.2. The van der Waals surface area contributed by atoms with Crippen molar-refractivity contribution in [3.63, 3.8) is 0 Å². The molecular formula is C22H26N2O7. The summed E-state index contributed by atoms with van der Waals surface area (Å²) in [5.74, 6) is 1.06. The average molecular weight is 430 g/mol. The summed E-state index contributed by atoms with van der Waals surface area (Å²) >= 11 is 0. The highest BCUT2D eigenvalue weighted by Gasteiger charge is 2.34. The molecule has 31 heavy (non-hydrogen) atoms. The molecule has 0 fully saturated rings. The summed E-state index contributed by atoms with van der Waals surface area (Å²) in [4.78, 5) is 26.2. The predicted molar refractivity (Wildman–Crippen MR) is 114 cm³/mol. The van der Waals surface area contributed by atoms with Gasteiger partial charge in [0.25, 0.3) is 0 Å². The third-order valence-corrected chi connectivity index (χ3v) is 5.27. The molecule has 0 saturated carbocycles. The number of carboxylic acid groups (broad SMARTS) is 1. The minimum absolute atomic E-state index is 0.234. The van der Waals surface area contributed by atoms with Crippen LogP contribution in [0.15, 0.2) is 30.3 Å². The minimum atomic E-state index is -1.00. The molecule has 2 N–H and O–H groups in total. The fourth-order valence-corrected chi connectivity index (χ4v) is 3.77. The van der Waals surface area contributed by atoms with Crippen LogP contribution in [0.5, 0.6) is 23.0 Å². The van der Waals surface area contributed by atoms with Gasteiger partial charge in [-0.05, 0) is 41.8 Å². The summed E-state index contributed by atoms with van der Waals surface area (Å²) in [6.07, 6.45) is 0.326. The molecule has 0 aromatic heterocycles. The van der Waals surface area contributed by atoms with E-state index in [0.717, 1.165) is 11.1 Å². The van der Waals surface area contributed by atoms with Crippen LogP contribution < -0.4 is 24.3 Å². The lowest BCUT2D eigenvalue weighted by molar-refractivity contribution is -0.138. The molecule has 2 aromatic carbocycles. The number of benzene rings is 2. The molecule has 0 bridgehead atoms. The second kappa shape index (κ2) is 9.46. The first-order chi connectivity index (χ1) is 14.9. The van der Waals surface area contributed by atoms with Crippen molar-refractivity contribution in [2.75, 3.05) is 40.3 Å². The molecule has 1 heterocycles. The maximum Gasteiger partial charge on any atom is 0.322 e. The lowest BCUT2D eigenvalue weighted by Crippen LogP contribution is -2.43. The average Bonchev–Trinajstić information content (AvgIpc) is 2.77. The fraction of sp³-hybridized carbons (Fsp3) is 0.364. The van der Waals surface area contributed by atoms with Crippen molar-refractivity contribution in [1.82, 2.24) is 4.90 Å². The van der Waals surface area contributed by atoms with Crippen LogP contribution in [0.2, 0.25) is 0 Å². The molecule has 2 amide bonds. The van der Waals surface area contributed by atoms with Crippen LogP contribution in [0.4, 0.5) is 10.5 Å². The van der Waals surface area contributed by atoms with E-state index < -0.39 is 18.0 Å². The van der Waals surface area contributed by atoms with Crippen molar-refractivity contribution in [2.24, 2.45) is 0 Å². The molecule has 9 nitrogen and oxygen atoms in total. The van der Waals surface area contributed by atoms with Crippen molar-refractivity contribution in [2.45, 2.75) is 18.9 Å². The summed E-state index contributed by atoms with van der Waals surface area (Å²) in [6.45, 7) is 0.361. The van der Waals surface area contributed by atoms with Gasteiger partial charge in [0.1, 0.15) is 0 Å². The summed E-state index contributed by atoms with van der Waals surface area (Å²) in [5.41, 5.74) is 2.17. The number of urea groups is 1. The third-order valence-electron chi connectivity index (χ3n) is 5.27. The lowest BCUT2D eigenvalue weighted by Gasteiger charge is -2.37. The molecule has 9 heteroatoms. The van der Waals surface area contributed by atoms with E-state index >= 15 is 0 Å². The van der Waals surface area contributed by atoms with Gasteiger partial charge in [-0.1, -0.05) is 0 Å². The predicted octanol–water partition coefficient (Wildman–Crippen LogP) is 3.33. The molecule has 1 aliphatic heterocycles. The Morgan fingerprint density at radius 3 is 2.19 bits per heavy atom. The molecule has 1 atom stereocenters. The van der Waals surface area contributed by atoms with Crippen LogP contribution in [-0.2, 0) is 11.2 Å². The molecule has 1 aliphatic rings. The van der Waals surface area contributed by atoms with Crippen molar-refractivity contribution in [1.29, 1.82) is 0 Å². The van der Waals surface area contributed by atoms with Gasteiger partial charge in [0.15, 0.2) is 23.0 Å². The zero-order chi connectivity index (χ0) is 22.5. The number of ether oxygens (including phenoxy) is 4. The first-order valence-corrected chi connectivity index (χ1v) is 9.68. The molecule has 1 unspecified atom stereocenters. The number of rotatable bonds is 7. The van der Waals surface area contributed by atoms with Crippen LogP contribution in [0, 0.1) is 0 Å². The Bertz CT molecular complexity index is 977. The van der Waals surface area contributed by atoms with Gasteiger partial charge >= 0.3 is 12.0 Å². The maximum absolute atomic E-state index is 13.1. The molecular weight excluding hydrogens is 404 g/mol. The Kier molecular flexibility index (Phi) is 6.74.